The van der Waals surface area contributed by atoms with E-state index in [-0.39, 0.29) is 5.91 Å². The van der Waals surface area contributed by atoms with Crippen LogP contribution in [0.3, 0.4) is 0 Å². The van der Waals surface area contributed by atoms with Gasteiger partial charge in [-0.2, -0.15) is 0 Å². The third-order valence-corrected chi connectivity index (χ3v) is 4.96. The minimum atomic E-state index is -0.0135. The number of carbonyl (C=O) groups excluding carboxylic acids is 1. The quantitative estimate of drug-likeness (QED) is 0.890. The van der Waals surface area contributed by atoms with E-state index < -0.39 is 0 Å². The fraction of sp³-hybridized carbons (Fsp3) is 0.350. The van der Waals surface area contributed by atoms with Crippen LogP contribution in [0, 0.1) is 6.92 Å². The molecule has 2 aromatic carbocycles. The van der Waals surface area contributed by atoms with Gasteiger partial charge in [-0.1, -0.05) is 48.0 Å². The second-order valence-electron chi connectivity index (χ2n) is 6.51. The summed E-state index contributed by atoms with van der Waals surface area (Å²) in [5, 5.41) is 3.46. The van der Waals surface area contributed by atoms with Crippen LogP contribution in [0.1, 0.15) is 11.1 Å². The standard InChI is InChI=1S/C20H24ClN3O/c1-16-6-2-3-7-17(16)14-23-10-12-24(13-11-23)15-20(25)22-19-9-5-4-8-18(19)21/h2-9H,10-15H2,1H3,(H,22,25). The molecule has 25 heavy (non-hydrogen) atoms. The molecule has 132 valence electrons. The van der Waals surface area contributed by atoms with E-state index in [4.69, 9.17) is 11.6 Å². The van der Waals surface area contributed by atoms with E-state index in [0.717, 1.165) is 32.7 Å². The summed E-state index contributed by atoms with van der Waals surface area (Å²) in [6, 6.07) is 15.8. The molecule has 0 atom stereocenters. The van der Waals surface area contributed by atoms with Crippen LogP contribution in [-0.2, 0) is 11.3 Å². The molecule has 5 heteroatoms. The van der Waals surface area contributed by atoms with Crippen LogP contribution in [0.4, 0.5) is 5.69 Å². The Labute approximate surface area is 154 Å². The molecule has 0 bridgehead atoms. The predicted octanol–water partition coefficient (Wildman–Crippen LogP) is 3.40. The van der Waals surface area contributed by atoms with Crippen molar-refractivity contribution < 1.29 is 4.79 Å². The van der Waals surface area contributed by atoms with Crippen molar-refractivity contribution in [3.8, 4) is 0 Å². The molecule has 1 fully saturated rings. The number of hydrogen-bond acceptors (Lipinski definition) is 3. The van der Waals surface area contributed by atoms with Crippen LogP contribution in [0.15, 0.2) is 48.5 Å². The summed E-state index contributed by atoms with van der Waals surface area (Å²) in [6.07, 6.45) is 0. The topological polar surface area (TPSA) is 35.6 Å². The Hall–Kier alpha value is -1.88. The minimum Gasteiger partial charge on any atom is -0.324 e. The van der Waals surface area contributed by atoms with E-state index in [1.54, 1.807) is 6.07 Å². The van der Waals surface area contributed by atoms with Crippen LogP contribution >= 0.6 is 11.6 Å². The summed E-state index contributed by atoms with van der Waals surface area (Å²) in [6.45, 7) is 7.31. The molecule has 1 N–H and O–H groups in total. The molecule has 1 heterocycles. The van der Waals surface area contributed by atoms with Crippen molar-refractivity contribution in [2.24, 2.45) is 0 Å². The van der Waals surface area contributed by atoms with Gasteiger partial charge in [-0.25, -0.2) is 0 Å². The molecule has 0 spiro atoms. The first-order valence-electron chi connectivity index (χ1n) is 8.65. The highest BCUT2D eigenvalue weighted by molar-refractivity contribution is 6.33. The molecule has 1 aliphatic rings. The predicted molar refractivity (Wildman–Crippen MR) is 103 cm³/mol. The fourth-order valence-electron chi connectivity index (χ4n) is 3.09. The average Bonchev–Trinajstić information content (AvgIpc) is 2.61. The van der Waals surface area contributed by atoms with Crippen molar-refractivity contribution in [3.05, 3.63) is 64.7 Å². The highest BCUT2D eigenvalue weighted by Crippen LogP contribution is 2.20. The lowest BCUT2D eigenvalue weighted by molar-refractivity contribution is -0.117. The molecule has 0 radical (unpaired) electrons. The van der Waals surface area contributed by atoms with Gasteiger partial charge in [0.1, 0.15) is 0 Å². The zero-order chi connectivity index (χ0) is 17.6. The van der Waals surface area contributed by atoms with Gasteiger partial charge in [-0.3, -0.25) is 14.6 Å². The molecule has 0 unspecified atom stereocenters. The van der Waals surface area contributed by atoms with Crippen molar-refractivity contribution in [3.63, 3.8) is 0 Å². The van der Waals surface area contributed by atoms with E-state index in [9.17, 15) is 4.79 Å². The highest BCUT2D eigenvalue weighted by atomic mass is 35.5. The highest BCUT2D eigenvalue weighted by Gasteiger charge is 2.19. The zero-order valence-corrected chi connectivity index (χ0v) is 15.3. The Morgan fingerprint density at radius 3 is 2.36 bits per heavy atom. The molecule has 2 aromatic rings. The molecule has 0 saturated carbocycles. The second-order valence-corrected chi connectivity index (χ2v) is 6.91. The summed E-state index contributed by atoms with van der Waals surface area (Å²) >= 11 is 6.08. The Kier molecular flexibility index (Phi) is 6.08. The maximum absolute atomic E-state index is 12.2. The monoisotopic (exact) mass is 357 g/mol. The summed E-state index contributed by atoms with van der Waals surface area (Å²) in [5.74, 6) is -0.0135. The van der Waals surface area contributed by atoms with Crippen molar-refractivity contribution in [1.29, 1.82) is 0 Å². The average molecular weight is 358 g/mol. The molecule has 1 amide bonds. The molecule has 0 aromatic heterocycles. The lowest BCUT2D eigenvalue weighted by atomic mass is 10.1. The number of hydrogen-bond donors (Lipinski definition) is 1. The first kappa shape index (κ1) is 17.9. The van der Waals surface area contributed by atoms with Gasteiger partial charge in [0.2, 0.25) is 5.91 Å². The number of benzene rings is 2. The number of anilines is 1. The molecule has 0 aliphatic carbocycles. The van der Waals surface area contributed by atoms with Gasteiger partial charge < -0.3 is 5.32 Å². The van der Waals surface area contributed by atoms with Crippen LogP contribution < -0.4 is 5.32 Å². The number of para-hydroxylation sites is 1. The molecule has 1 aliphatic heterocycles. The number of nitrogens with one attached hydrogen (secondary N) is 1. The SMILES string of the molecule is Cc1ccccc1CN1CCN(CC(=O)Nc2ccccc2Cl)CC1. The van der Waals surface area contributed by atoms with Gasteiger partial charge in [0.05, 0.1) is 17.3 Å². The molecule has 4 nitrogen and oxygen atoms in total. The number of rotatable bonds is 5. The van der Waals surface area contributed by atoms with Gasteiger partial charge in [0.25, 0.3) is 0 Å². The minimum absolute atomic E-state index is 0.0135. The zero-order valence-electron chi connectivity index (χ0n) is 14.5. The Balaban J connectivity index is 1.45. The molecule has 3 rings (SSSR count). The maximum atomic E-state index is 12.2. The van der Waals surface area contributed by atoms with Gasteiger partial charge in [-0.05, 0) is 30.2 Å². The first-order valence-corrected chi connectivity index (χ1v) is 9.03. The van der Waals surface area contributed by atoms with Crippen molar-refractivity contribution in [1.82, 2.24) is 9.80 Å². The van der Waals surface area contributed by atoms with E-state index in [1.165, 1.54) is 11.1 Å². The summed E-state index contributed by atoms with van der Waals surface area (Å²) < 4.78 is 0. The fourth-order valence-corrected chi connectivity index (χ4v) is 3.27. The Morgan fingerprint density at radius 1 is 1.00 bits per heavy atom. The largest absolute Gasteiger partial charge is 0.324 e. The number of aryl methyl sites for hydroxylation is 1. The number of halogens is 1. The van der Waals surface area contributed by atoms with Crippen molar-refractivity contribution in [2.75, 3.05) is 38.0 Å². The van der Waals surface area contributed by atoms with E-state index in [0.29, 0.717) is 17.3 Å². The summed E-state index contributed by atoms with van der Waals surface area (Å²) in [5.41, 5.74) is 3.39. The Morgan fingerprint density at radius 2 is 1.64 bits per heavy atom. The smallest absolute Gasteiger partial charge is 0.238 e. The van der Waals surface area contributed by atoms with Gasteiger partial charge in [-0.15, -0.1) is 0 Å². The normalized spacial score (nSPS) is 15.9. The van der Waals surface area contributed by atoms with Gasteiger partial charge in [0, 0.05) is 32.7 Å². The van der Waals surface area contributed by atoms with Crippen LogP contribution in [0.5, 0.6) is 0 Å². The van der Waals surface area contributed by atoms with E-state index in [2.05, 4.69) is 46.3 Å². The number of carbonyl (C=O) groups is 1. The third-order valence-electron chi connectivity index (χ3n) is 4.64. The summed E-state index contributed by atoms with van der Waals surface area (Å²) in [4.78, 5) is 16.9. The van der Waals surface area contributed by atoms with E-state index >= 15 is 0 Å². The molecule has 1 saturated heterocycles. The lowest BCUT2D eigenvalue weighted by Crippen LogP contribution is -2.48. The second kappa shape index (κ2) is 8.48. The van der Waals surface area contributed by atoms with Crippen LogP contribution in [-0.4, -0.2) is 48.4 Å². The van der Waals surface area contributed by atoms with Crippen molar-refractivity contribution >= 4 is 23.2 Å². The number of nitrogens with zero attached hydrogens (tertiary/aromatic N) is 2. The van der Waals surface area contributed by atoms with Crippen LogP contribution in [0.25, 0.3) is 0 Å². The van der Waals surface area contributed by atoms with Gasteiger partial charge in [0.15, 0.2) is 0 Å². The molecular weight excluding hydrogens is 334 g/mol. The summed E-state index contributed by atoms with van der Waals surface area (Å²) in [7, 11) is 0. The van der Waals surface area contributed by atoms with Gasteiger partial charge >= 0.3 is 0 Å². The molecular formula is C20H24ClN3O. The number of piperazine rings is 1. The van der Waals surface area contributed by atoms with E-state index in [1.807, 2.05) is 18.2 Å². The lowest BCUT2D eigenvalue weighted by Gasteiger charge is -2.34. The Bertz CT molecular complexity index is 726. The maximum Gasteiger partial charge on any atom is 0.238 e. The van der Waals surface area contributed by atoms with Crippen molar-refractivity contribution in [2.45, 2.75) is 13.5 Å². The first-order chi connectivity index (χ1) is 12.1. The number of amides is 1. The van der Waals surface area contributed by atoms with Crippen LogP contribution in [0.2, 0.25) is 5.02 Å². The third kappa shape index (κ3) is 5.05.